The Morgan fingerprint density at radius 2 is 1.78 bits per heavy atom. The fourth-order valence-corrected chi connectivity index (χ4v) is 4.48. The lowest BCUT2D eigenvalue weighted by atomic mass is 10.2. The lowest BCUT2D eigenvalue weighted by Gasteiger charge is -2.12. The van der Waals surface area contributed by atoms with Crippen LogP contribution in [-0.4, -0.2) is 18.2 Å². The predicted molar refractivity (Wildman–Crippen MR) is 104 cm³/mol. The summed E-state index contributed by atoms with van der Waals surface area (Å²) in [6, 6.07) is 11.7. The van der Waals surface area contributed by atoms with Gasteiger partial charge in [-0.2, -0.15) is 5.10 Å². The van der Waals surface area contributed by atoms with E-state index in [1.807, 2.05) is 13.0 Å². The predicted octanol–water partition coefficient (Wildman–Crippen LogP) is 4.10. The van der Waals surface area contributed by atoms with Gasteiger partial charge in [-0.1, -0.05) is 35.9 Å². The fraction of sp³-hybridized carbons (Fsp3) is 0.250. The average Bonchev–Trinajstić information content (AvgIpc) is 2.84. The molecule has 5 nitrogen and oxygen atoms in total. The Balaban J connectivity index is 1.94. The average molecular weight is 387 g/mol. The van der Waals surface area contributed by atoms with E-state index < -0.39 is 10.0 Å². The van der Waals surface area contributed by atoms with Gasteiger partial charge in [0.1, 0.15) is 5.82 Å². The minimum absolute atomic E-state index is 0.227. The van der Waals surface area contributed by atoms with Crippen molar-refractivity contribution in [1.29, 1.82) is 0 Å². The van der Waals surface area contributed by atoms with Crippen molar-refractivity contribution in [2.75, 3.05) is 4.72 Å². The first-order valence-corrected chi connectivity index (χ1v) is 10.0. The minimum atomic E-state index is -3.75. The maximum atomic E-state index is 13.9. The van der Waals surface area contributed by atoms with Gasteiger partial charge in [0.15, 0.2) is 0 Å². The number of aromatic nitrogens is 2. The molecule has 0 aliphatic carbocycles. The van der Waals surface area contributed by atoms with Crippen LogP contribution in [0.2, 0.25) is 0 Å². The molecule has 0 amide bonds. The molecule has 1 aromatic heterocycles. The van der Waals surface area contributed by atoms with Crippen molar-refractivity contribution in [3.8, 4) is 0 Å². The summed E-state index contributed by atoms with van der Waals surface area (Å²) in [6.07, 6.45) is 0. The van der Waals surface area contributed by atoms with E-state index >= 15 is 0 Å². The first-order chi connectivity index (χ1) is 12.7. The number of sulfonamides is 1. The van der Waals surface area contributed by atoms with Gasteiger partial charge in [-0.25, -0.2) is 12.8 Å². The Morgan fingerprint density at radius 1 is 1.07 bits per heavy atom. The van der Waals surface area contributed by atoms with Crippen LogP contribution in [0.3, 0.4) is 0 Å². The number of rotatable bonds is 5. The molecule has 0 unspecified atom stereocenters. The van der Waals surface area contributed by atoms with Gasteiger partial charge in [0, 0.05) is 5.56 Å². The molecule has 0 bridgehead atoms. The molecule has 0 fully saturated rings. The third kappa shape index (κ3) is 3.88. The molecule has 2 aromatic carbocycles. The van der Waals surface area contributed by atoms with Crippen molar-refractivity contribution >= 4 is 15.7 Å². The summed E-state index contributed by atoms with van der Waals surface area (Å²) >= 11 is 0. The highest BCUT2D eigenvalue weighted by atomic mass is 32.2. The Bertz CT molecular complexity index is 1100. The van der Waals surface area contributed by atoms with Gasteiger partial charge in [-0.15, -0.1) is 0 Å². The van der Waals surface area contributed by atoms with Crippen LogP contribution >= 0.6 is 0 Å². The summed E-state index contributed by atoms with van der Waals surface area (Å²) in [7, 11) is -3.75. The van der Waals surface area contributed by atoms with Gasteiger partial charge < -0.3 is 0 Å². The van der Waals surface area contributed by atoms with E-state index in [9.17, 15) is 12.8 Å². The second-order valence-corrected chi connectivity index (χ2v) is 8.32. The van der Waals surface area contributed by atoms with E-state index in [1.54, 1.807) is 55.8 Å². The number of hydrogen-bond donors (Lipinski definition) is 1. The van der Waals surface area contributed by atoms with E-state index in [2.05, 4.69) is 9.82 Å². The van der Waals surface area contributed by atoms with Crippen LogP contribution in [-0.2, 0) is 16.6 Å². The molecule has 3 rings (SSSR count). The van der Waals surface area contributed by atoms with Crippen LogP contribution in [0, 0.1) is 33.5 Å². The zero-order valence-corrected chi connectivity index (χ0v) is 16.6. The van der Waals surface area contributed by atoms with Crippen molar-refractivity contribution in [2.24, 2.45) is 0 Å². The molecule has 0 aliphatic heterocycles. The van der Waals surface area contributed by atoms with Crippen LogP contribution in [0.25, 0.3) is 0 Å². The Labute approximate surface area is 158 Å². The van der Waals surface area contributed by atoms with Crippen LogP contribution in [0.15, 0.2) is 47.4 Å². The third-order valence-corrected chi connectivity index (χ3v) is 6.03. The maximum Gasteiger partial charge on any atom is 0.262 e. The molecular formula is C20H22FN3O2S. The molecule has 0 saturated carbocycles. The molecule has 0 saturated heterocycles. The summed E-state index contributed by atoms with van der Waals surface area (Å²) in [5.74, 6) is -0.317. The lowest BCUT2D eigenvalue weighted by Crippen LogP contribution is -2.15. The molecule has 27 heavy (non-hydrogen) atoms. The van der Waals surface area contributed by atoms with Crippen LogP contribution < -0.4 is 4.72 Å². The molecular weight excluding hydrogens is 365 g/mol. The molecule has 1 heterocycles. The van der Waals surface area contributed by atoms with Crippen LogP contribution in [0.1, 0.15) is 28.1 Å². The first kappa shape index (κ1) is 19.1. The van der Waals surface area contributed by atoms with E-state index in [4.69, 9.17) is 0 Å². The number of benzene rings is 2. The highest BCUT2D eigenvalue weighted by molar-refractivity contribution is 7.92. The van der Waals surface area contributed by atoms with Crippen molar-refractivity contribution in [2.45, 2.75) is 39.1 Å². The highest BCUT2D eigenvalue weighted by Crippen LogP contribution is 2.26. The maximum absolute atomic E-state index is 13.9. The number of nitrogens with zero attached hydrogens (tertiary/aromatic N) is 2. The van der Waals surface area contributed by atoms with Gasteiger partial charge in [-0.3, -0.25) is 9.40 Å². The summed E-state index contributed by atoms with van der Waals surface area (Å²) < 4.78 is 43.9. The number of halogens is 1. The third-order valence-electron chi connectivity index (χ3n) is 4.52. The van der Waals surface area contributed by atoms with Gasteiger partial charge >= 0.3 is 0 Å². The number of nitrogens with one attached hydrogen (secondary N) is 1. The van der Waals surface area contributed by atoms with Crippen molar-refractivity contribution < 1.29 is 12.8 Å². The topological polar surface area (TPSA) is 64.0 Å². The largest absolute Gasteiger partial charge is 0.276 e. The Kier molecular flexibility index (Phi) is 5.06. The van der Waals surface area contributed by atoms with Crippen molar-refractivity contribution in [3.05, 3.63) is 76.4 Å². The quantitative estimate of drug-likeness (QED) is 0.717. The first-order valence-electron chi connectivity index (χ1n) is 8.56. The normalized spacial score (nSPS) is 11.6. The molecule has 0 atom stereocenters. The smallest absolute Gasteiger partial charge is 0.262 e. The number of hydrogen-bond acceptors (Lipinski definition) is 3. The lowest BCUT2D eigenvalue weighted by molar-refractivity contribution is 0.579. The van der Waals surface area contributed by atoms with E-state index in [0.717, 1.165) is 5.56 Å². The SMILES string of the molecule is Cc1ccc(S(=O)(=O)Nc2c(C)nn(Cc3ccccc3F)c2C)c(C)c1. The Morgan fingerprint density at radius 3 is 2.44 bits per heavy atom. The molecule has 3 aromatic rings. The molecule has 0 radical (unpaired) electrons. The molecule has 142 valence electrons. The summed E-state index contributed by atoms with van der Waals surface area (Å²) in [5.41, 5.74) is 3.76. The van der Waals surface area contributed by atoms with Crippen molar-refractivity contribution in [3.63, 3.8) is 0 Å². The van der Waals surface area contributed by atoms with E-state index in [0.29, 0.717) is 28.2 Å². The summed E-state index contributed by atoms with van der Waals surface area (Å²) in [6.45, 7) is 7.40. The zero-order valence-electron chi connectivity index (χ0n) is 15.7. The molecule has 1 N–H and O–H groups in total. The molecule has 0 spiro atoms. The fourth-order valence-electron chi connectivity index (χ4n) is 3.08. The highest BCUT2D eigenvalue weighted by Gasteiger charge is 2.22. The van der Waals surface area contributed by atoms with E-state index in [-0.39, 0.29) is 17.3 Å². The van der Waals surface area contributed by atoms with Gasteiger partial charge in [0.25, 0.3) is 10.0 Å². The summed E-state index contributed by atoms with van der Waals surface area (Å²) in [4.78, 5) is 0.230. The van der Waals surface area contributed by atoms with Gasteiger partial charge in [0.05, 0.1) is 28.5 Å². The van der Waals surface area contributed by atoms with Crippen LogP contribution in [0.4, 0.5) is 10.1 Å². The molecule has 7 heteroatoms. The summed E-state index contributed by atoms with van der Waals surface area (Å²) in [5, 5.41) is 4.38. The van der Waals surface area contributed by atoms with Crippen LogP contribution in [0.5, 0.6) is 0 Å². The number of anilines is 1. The Hall–Kier alpha value is -2.67. The van der Waals surface area contributed by atoms with Gasteiger partial charge in [-0.05, 0) is 45.4 Å². The number of aryl methyl sites for hydroxylation is 3. The van der Waals surface area contributed by atoms with E-state index in [1.165, 1.54) is 6.07 Å². The standard InChI is InChI=1S/C20H22FN3O2S/c1-13-9-10-19(14(2)11-13)27(25,26)23-20-15(3)22-24(16(20)4)12-17-7-5-6-8-18(17)21/h5-11,23H,12H2,1-4H3. The second-order valence-electron chi connectivity index (χ2n) is 6.67. The monoisotopic (exact) mass is 387 g/mol. The van der Waals surface area contributed by atoms with Gasteiger partial charge in [0.2, 0.25) is 0 Å². The minimum Gasteiger partial charge on any atom is -0.276 e. The van der Waals surface area contributed by atoms with Crippen molar-refractivity contribution in [1.82, 2.24) is 9.78 Å². The molecule has 0 aliphatic rings. The zero-order chi connectivity index (χ0) is 19.8. The second kappa shape index (κ2) is 7.15.